The number of carbonyl (C=O) groups excluding carboxylic acids is 2. The van der Waals surface area contributed by atoms with E-state index in [-0.39, 0.29) is 11.3 Å². The Hall–Kier alpha value is -3.04. The second-order valence-corrected chi connectivity index (χ2v) is 10.4. The third-order valence-corrected chi connectivity index (χ3v) is 8.51. The number of amides is 2. The molecule has 0 atom stereocenters. The van der Waals surface area contributed by atoms with Crippen LogP contribution in [0.25, 0.3) is 10.2 Å². The van der Waals surface area contributed by atoms with Crippen LogP contribution in [-0.4, -0.2) is 78.0 Å². The largest absolute Gasteiger partial charge is 0.381 e. The van der Waals surface area contributed by atoms with Crippen molar-refractivity contribution < 1.29 is 14.3 Å². The van der Waals surface area contributed by atoms with Crippen LogP contribution in [0.1, 0.15) is 40.1 Å². The number of nitrogens with one attached hydrogen (secondary N) is 1. The number of hydrogen-bond donors (Lipinski definition) is 1. The zero-order valence-corrected chi connectivity index (χ0v) is 20.9. The fourth-order valence-electron chi connectivity index (χ4n) is 5.17. The minimum Gasteiger partial charge on any atom is -0.381 e. The van der Waals surface area contributed by atoms with Gasteiger partial charge in [-0.05, 0) is 37.3 Å². The Labute approximate surface area is 209 Å². The van der Waals surface area contributed by atoms with Crippen LogP contribution < -0.4 is 5.32 Å². The van der Waals surface area contributed by atoms with Crippen molar-refractivity contribution in [2.24, 2.45) is 0 Å². The predicted octanol–water partition coefficient (Wildman–Crippen LogP) is 3.46. The molecule has 0 saturated carbocycles. The Balaban J connectivity index is 1.41. The molecular weight excluding hydrogens is 462 g/mol. The summed E-state index contributed by atoms with van der Waals surface area (Å²) >= 11 is 1.42. The van der Waals surface area contributed by atoms with Gasteiger partial charge in [-0.15, -0.1) is 11.3 Å². The van der Waals surface area contributed by atoms with Crippen LogP contribution in [-0.2, 0) is 14.9 Å². The molecule has 35 heavy (non-hydrogen) atoms. The van der Waals surface area contributed by atoms with Crippen molar-refractivity contribution >= 4 is 39.7 Å². The van der Waals surface area contributed by atoms with Gasteiger partial charge in [-0.3, -0.25) is 9.59 Å². The number of carbonyl (C=O) groups is 2. The van der Waals surface area contributed by atoms with Crippen LogP contribution >= 0.6 is 11.3 Å². The molecule has 0 spiro atoms. The topological polar surface area (TPSA) is 87.7 Å². The van der Waals surface area contributed by atoms with E-state index in [9.17, 15) is 9.59 Å². The molecule has 184 valence electrons. The van der Waals surface area contributed by atoms with E-state index < -0.39 is 0 Å². The molecule has 0 radical (unpaired) electrons. The minimum absolute atomic E-state index is 0.00869. The van der Waals surface area contributed by atoms with Gasteiger partial charge in [0.05, 0.1) is 10.3 Å². The molecule has 2 aliphatic heterocycles. The molecule has 2 amide bonds. The average Bonchev–Trinajstić information content (AvgIpc) is 3.08. The maximum atomic E-state index is 13.4. The lowest BCUT2D eigenvalue weighted by Gasteiger charge is -2.38. The van der Waals surface area contributed by atoms with Gasteiger partial charge < -0.3 is 19.9 Å². The standard InChI is InChI=1S/C26H31N5O3S/c1-19-21-23(27-16-26(8-14-34-15-9-26)20-6-3-2-4-7-20)28-17-29-24(21)35-22(19)25(33)31-11-5-10-30(18-32)12-13-31/h2-4,6-7,17-18H,5,8-16H2,1H3,(H,27,28,29). The highest BCUT2D eigenvalue weighted by Crippen LogP contribution is 2.37. The molecule has 4 heterocycles. The van der Waals surface area contributed by atoms with Crippen LogP contribution in [0, 0.1) is 6.92 Å². The number of rotatable bonds is 6. The number of hydrogen-bond acceptors (Lipinski definition) is 7. The molecule has 2 aliphatic rings. The molecule has 1 aromatic carbocycles. The maximum absolute atomic E-state index is 13.4. The van der Waals surface area contributed by atoms with Crippen LogP contribution in [0.3, 0.4) is 0 Å². The average molecular weight is 494 g/mol. The lowest BCUT2D eigenvalue weighted by molar-refractivity contribution is -0.118. The van der Waals surface area contributed by atoms with Gasteiger partial charge in [0.15, 0.2) is 0 Å². The number of aromatic nitrogens is 2. The minimum atomic E-state index is -0.0319. The predicted molar refractivity (Wildman–Crippen MR) is 137 cm³/mol. The summed E-state index contributed by atoms with van der Waals surface area (Å²) in [6.07, 6.45) is 5.11. The number of anilines is 1. The first-order valence-corrected chi connectivity index (χ1v) is 13.0. The summed E-state index contributed by atoms with van der Waals surface area (Å²) in [5.41, 5.74) is 2.19. The monoisotopic (exact) mass is 493 g/mol. The summed E-state index contributed by atoms with van der Waals surface area (Å²) in [5.74, 6) is 0.780. The number of ether oxygens (including phenoxy) is 1. The first-order chi connectivity index (χ1) is 17.1. The molecule has 3 aromatic rings. The Morgan fingerprint density at radius 3 is 2.71 bits per heavy atom. The van der Waals surface area contributed by atoms with Crippen molar-refractivity contribution in [3.63, 3.8) is 0 Å². The van der Waals surface area contributed by atoms with Gasteiger partial charge in [-0.1, -0.05) is 30.3 Å². The number of aryl methyl sites for hydroxylation is 1. The Morgan fingerprint density at radius 2 is 1.94 bits per heavy atom. The van der Waals surface area contributed by atoms with Gasteiger partial charge in [-0.2, -0.15) is 0 Å². The molecule has 0 bridgehead atoms. The number of nitrogens with zero attached hydrogens (tertiary/aromatic N) is 4. The van der Waals surface area contributed by atoms with Gasteiger partial charge in [0.1, 0.15) is 17.0 Å². The zero-order valence-electron chi connectivity index (χ0n) is 20.0. The molecule has 0 aliphatic carbocycles. The van der Waals surface area contributed by atoms with E-state index in [1.165, 1.54) is 16.9 Å². The van der Waals surface area contributed by atoms with Crippen molar-refractivity contribution in [1.82, 2.24) is 19.8 Å². The van der Waals surface area contributed by atoms with E-state index in [0.29, 0.717) is 31.1 Å². The third-order valence-electron chi connectivity index (χ3n) is 7.32. The van der Waals surface area contributed by atoms with E-state index in [1.807, 2.05) is 17.9 Å². The van der Waals surface area contributed by atoms with E-state index >= 15 is 0 Å². The smallest absolute Gasteiger partial charge is 0.264 e. The van der Waals surface area contributed by atoms with Crippen LogP contribution in [0.15, 0.2) is 36.7 Å². The summed E-state index contributed by atoms with van der Waals surface area (Å²) in [5, 5.41) is 4.54. The van der Waals surface area contributed by atoms with Crippen molar-refractivity contribution in [2.75, 3.05) is 51.3 Å². The van der Waals surface area contributed by atoms with E-state index in [4.69, 9.17) is 4.74 Å². The SMILES string of the molecule is Cc1c(C(=O)N2CCCN(C=O)CC2)sc2ncnc(NCC3(c4ccccc4)CCOCC3)c12. The Morgan fingerprint density at radius 1 is 1.14 bits per heavy atom. The molecular formula is C26H31N5O3S. The van der Waals surface area contributed by atoms with Crippen LogP contribution in [0.2, 0.25) is 0 Å². The third kappa shape index (κ3) is 4.75. The van der Waals surface area contributed by atoms with Crippen molar-refractivity contribution in [1.29, 1.82) is 0 Å². The fourth-order valence-corrected chi connectivity index (χ4v) is 6.29. The Kier molecular flexibility index (Phi) is 6.97. The number of fused-ring (bicyclic) bond motifs is 1. The normalized spacial score (nSPS) is 18.3. The number of benzene rings is 1. The highest BCUT2D eigenvalue weighted by molar-refractivity contribution is 7.20. The summed E-state index contributed by atoms with van der Waals surface area (Å²) in [7, 11) is 0. The Bertz CT molecular complexity index is 1190. The van der Waals surface area contributed by atoms with E-state index in [1.54, 1.807) is 11.2 Å². The van der Waals surface area contributed by atoms with Gasteiger partial charge in [-0.25, -0.2) is 9.97 Å². The fraction of sp³-hybridized carbons (Fsp3) is 0.462. The molecule has 2 fully saturated rings. The molecule has 8 nitrogen and oxygen atoms in total. The van der Waals surface area contributed by atoms with Crippen molar-refractivity contribution in [2.45, 2.75) is 31.6 Å². The molecule has 2 aromatic heterocycles. The zero-order chi connectivity index (χ0) is 24.3. The van der Waals surface area contributed by atoms with E-state index in [2.05, 4.69) is 39.6 Å². The van der Waals surface area contributed by atoms with Gasteiger partial charge in [0.2, 0.25) is 6.41 Å². The second kappa shape index (κ2) is 10.3. The number of thiophene rings is 1. The highest BCUT2D eigenvalue weighted by atomic mass is 32.1. The van der Waals surface area contributed by atoms with Crippen LogP contribution in [0.5, 0.6) is 0 Å². The highest BCUT2D eigenvalue weighted by Gasteiger charge is 2.35. The first kappa shape index (κ1) is 23.7. The summed E-state index contributed by atoms with van der Waals surface area (Å²) in [6.45, 7) is 6.64. The van der Waals surface area contributed by atoms with Gasteiger partial charge in [0.25, 0.3) is 5.91 Å². The van der Waals surface area contributed by atoms with Crippen molar-refractivity contribution in [3.8, 4) is 0 Å². The molecule has 0 unspecified atom stereocenters. The molecule has 1 N–H and O–H groups in total. The summed E-state index contributed by atoms with van der Waals surface area (Å²) < 4.78 is 5.68. The summed E-state index contributed by atoms with van der Waals surface area (Å²) in [4.78, 5) is 38.8. The molecule has 2 saturated heterocycles. The molecule has 5 rings (SSSR count). The maximum Gasteiger partial charge on any atom is 0.264 e. The van der Waals surface area contributed by atoms with E-state index in [0.717, 1.165) is 67.0 Å². The quantitative estimate of drug-likeness (QED) is 0.529. The van der Waals surface area contributed by atoms with Crippen LogP contribution in [0.4, 0.5) is 5.82 Å². The summed E-state index contributed by atoms with van der Waals surface area (Å²) in [6, 6.07) is 10.6. The molecule has 9 heteroatoms. The lowest BCUT2D eigenvalue weighted by Crippen LogP contribution is -2.40. The van der Waals surface area contributed by atoms with Crippen molar-refractivity contribution in [3.05, 3.63) is 52.7 Å². The van der Waals surface area contributed by atoms with Gasteiger partial charge in [0, 0.05) is 51.4 Å². The second-order valence-electron chi connectivity index (χ2n) is 9.36. The first-order valence-electron chi connectivity index (χ1n) is 12.2. The van der Waals surface area contributed by atoms with Gasteiger partial charge >= 0.3 is 0 Å². The lowest BCUT2D eigenvalue weighted by atomic mass is 9.74.